The normalized spacial score (nSPS) is 11.5. The molecule has 1 rings (SSSR count). The van der Waals surface area contributed by atoms with Crippen LogP contribution in [0.2, 0.25) is 0 Å². The lowest BCUT2D eigenvalue weighted by atomic mass is 9.78. The van der Waals surface area contributed by atoms with Gasteiger partial charge in [0.15, 0.2) is 0 Å². The van der Waals surface area contributed by atoms with Gasteiger partial charge in [-0.25, -0.2) is 0 Å². The molecule has 0 saturated carbocycles. The second-order valence-electron chi connectivity index (χ2n) is 5.75. The maximum Gasteiger partial charge on any atom is 0.239 e. The van der Waals surface area contributed by atoms with Gasteiger partial charge in [-0.2, -0.15) is 0 Å². The molecule has 0 aliphatic carbocycles. The minimum atomic E-state index is -0.149. The van der Waals surface area contributed by atoms with Gasteiger partial charge in [0.1, 0.15) is 5.88 Å². The van der Waals surface area contributed by atoms with Crippen LogP contribution in [0.4, 0.5) is 5.69 Å². The standard InChI is InChI=1S/C16H24ClNO/c1-6-9-16(4,5)13-8-7-11(2)12(3)15(13)18-14(19)10-17/h7-8H,6,9-10H2,1-5H3,(H,18,19). The summed E-state index contributed by atoms with van der Waals surface area (Å²) in [5.74, 6) is -0.162. The van der Waals surface area contributed by atoms with Crippen molar-refractivity contribution in [2.75, 3.05) is 11.2 Å². The Morgan fingerprint density at radius 1 is 1.32 bits per heavy atom. The highest BCUT2D eigenvalue weighted by atomic mass is 35.5. The van der Waals surface area contributed by atoms with Gasteiger partial charge in [0.05, 0.1) is 0 Å². The van der Waals surface area contributed by atoms with Crippen molar-refractivity contribution >= 4 is 23.2 Å². The third-order valence-electron chi connectivity index (χ3n) is 3.73. The molecule has 1 N–H and O–H groups in total. The van der Waals surface area contributed by atoms with Crippen LogP contribution in [-0.2, 0) is 10.2 Å². The molecule has 0 aliphatic heterocycles. The van der Waals surface area contributed by atoms with Gasteiger partial charge in [-0.05, 0) is 42.4 Å². The Balaban J connectivity index is 3.31. The first-order chi connectivity index (χ1) is 8.83. The Morgan fingerprint density at radius 2 is 1.95 bits per heavy atom. The van der Waals surface area contributed by atoms with E-state index in [9.17, 15) is 4.79 Å². The first-order valence-corrected chi connectivity index (χ1v) is 7.33. The van der Waals surface area contributed by atoms with E-state index in [-0.39, 0.29) is 17.2 Å². The van der Waals surface area contributed by atoms with Crippen molar-refractivity contribution in [1.82, 2.24) is 0 Å². The highest BCUT2D eigenvalue weighted by Gasteiger charge is 2.24. The second kappa shape index (κ2) is 6.42. The summed E-state index contributed by atoms with van der Waals surface area (Å²) in [6, 6.07) is 4.25. The minimum absolute atomic E-state index is 0.0129. The molecule has 0 aromatic heterocycles. The van der Waals surface area contributed by atoms with Crippen LogP contribution >= 0.6 is 11.6 Å². The maximum atomic E-state index is 11.6. The Hall–Kier alpha value is -1.02. The average molecular weight is 282 g/mol. The van der Waals surface area contributed by atoms with E-state index in [1.54, 1.807) is 0 Å². The molecule has 0 radical (unpaired) electrons. The van der Waals surface area contributed by atoms with Crippen molar-refractivity contribution in [1.29, 1.82) is 0 Å². The zero-order valence-electron chi connectivity index (χ0n) is 12.6. The highest BCUT2D eigenvalue weighted by Crippen LogP contribution is 2.36. The van der Waals surface area contributed by atoms with E-state index >= 15 is 0 Å². The van der Waals surface area contributed by atoms with Gasteiger partial charge >= 0.3 is 0 Å². The molecule has 0 unspecified atom stereocenters. The summed E-state index contributed by atoms with van der Waals surface area (Å²) in [5.41, 5.74) is 4.48. The molecule has 0 fully saturated rings. The predicted molar refractivity (Wildman–Crippen MR) is 83.2 cm³/mol. The molecule has 0 spiro atoms. The van der Waals surface area contributed by atoms with E-state index in [1.165, 1.54) is 11.1 Å². The average Bonchev–Trinajstić information content (AvgIpc) is 2.34. The molecular weight excluding hydrogens is 258 g/mol. The van der Waals surface area contributed by atoms with Crippen LogP contribution < -0.4 is 5.32 Å². The molecule has 19 heavy (non-hydrogen) atoms. The maximum absolute atomic E-state index is 11.6. The number of nitrogens with one attached hydrogen (secondary N) is 1. The first-order valence-electron chi connectivity index (χ1n) is 6.80. The smallest absolute Gasteiger partial charge is 0.239 e. The molecule has 0 aliphatic rings. The van der Waals surface area contributed by atoms with Gasteiger partial charge < -0.3 is 5.32 Å². The quantitative estimate of drug-likeness (QED) is 0.788. The van der Waals surface area contributed by atoms with Gasteiger partial charge in [0, 0.05) is 5.69 Å². The van der Waals surface area contributed by atoms with E-state index in [0.717, 1.165) is 24.1 Å². The van der Waals surface area contributed by atoms with E-state index in [4.69, 9.17) is 11.6 Å². The summed E-state index contributed by atoms with van der Waals surface area (Å²) in [5, 5.41) is 2.96. The van der Waals surface area contributed by atoms with E-state index in [1.807, 2.05) is 6.92 Å². The minimum Gasteiger partial charge on any atom is -0.325 e. The lowest BCUT2D eigenvalue weighted by Crippen LogP contribution is -2.23. The molecule has 1 amide bonds. The van der Waals surface area contributed by atoms with Crippen LogP contribution in [0.5, 0.6) is 0 Å². The molecular formula is C16H24ClNO. The summed E-state index contributed by atoms with van der Waals surface area (Å²) in [4.78, 5) is 11.6. The summed E-state index contributed by atoms with van der Waals surface area (Å²) in [7, 11) is 0. The summed E-state index contributed by atoms with van der Waals surface area (Å²) in [6.07, 6.45) is 2.20. The van der Waals surface area contributed by atoms with Crippen molar-refractivity contribution in [3.05, 3.63) is 28.8 Å². The van der Waals surface area contributed by atoms with Crippen LogP contribution in [0.1, 0.15) is 50.3 Å². The fourth-order valence-corrected chi connectivity index (χ4v) is 2.54. The zero-order valence-corrected chi connectivity index (χ0v) is 13.3. The fraction of sp³-hybridized carbons (Fsp3) is 0.562. The molecule has 1 aromatic carbocycles. The summed E-state index contributed by atoms with van der Waals surface area (Å²) >= 11 is 5.61. The summed E-state index contributed by atoms with van der Waals surface area (Å²) < 4.78 is 0. The number of hydrogen-bond donors (Lipinski definition) is 1. The van der Waals surface area contributed by atoms with Crippen LogP contribution in [0.15, 0.2) is 12.1 Å². The second-order valence-corrected chi connectivity index (χ2v) is 6.01. The third kappa shape index (κ3) is 3.73. The van der Waals surface area contributed by atoms with Gasteiger partial charge in [-0.15, -0.1) is 11.6 Å². The lowest BCUT2D eigenvalue weighted by molar-refractivity contribution is -0.113. The number of benzene rings is 1. The predicted octanol–water partition coefficient (Wildman–Crippen LogP) is 4.56. The number of carbonyl (C=O) groups excluding carboxylic acids is 1. The van der Waals surface area contributed by atoms with Crippen molar-refractivity contribution < 1.29 is 4.79 Å². The monoisotopic (exact) mass is 281 g/mol. The number of hydrogen-bond acceptors (Lipinski definition) is 1. The largest absolute Gasteiger partial charge is 0.325 e. The highest BCUT2D eigenvalue weighted by molar-refractivity contribution is 6.29. The molecule has 1 aromatic rings. The van der Waals surface area contributed by atoms with Crippen LogP contribution in [0.25, 0.3) is 0 Å². The van der Waals surface area contributed by atoms with Crippen LogP contribution in [0.3, 0.4) is 0 Å². The molecule has 0 bridgehead atoms. The molecule has 2 nitrogen and oxygen atoms in total. The molecule has 106 valence electrons. The van der Waals surface area contributed by atoms with Gasteiger partial charge in [-0.1, -0.05) is 39.3 Å². The van der Waals surface area contributed by atoms with Crippen molar-refractivity contribution in [3.8, 4) is 0 Å². The SMILES string of the molecule is CCCC(C)(C)c1ccc(C)c(C)c1NC(=O)CCl. The number of aryl methyl sites for hydroxylation is 1. The Bertz CT molecular complexity index is 466. The number of halogens is 1. The molecule has 0 heterocycles. The Kier molecular flexibility index (Phi) is 5.42. The lowest BCUT2D eigenvalue weighted by Gasteiger charge is -2.29. The third-order valence-corrected chi connectivity index (χ3v) is 3.97. The van der Waals surface area contributed by atoms with Crippen molar-refractivity contribution in [2.24, 2.45) is 0 Å². The Morgan fingerprint density at radius 3 is 2.47 bits per heavy atom. The van der Waals surface area contributed by atoms with Gasteiger partial charge in [0.25, 0.3) is 0 Å². The van der Waals surface area contributed by atoms with Crippen molar-refractivity contribution in [2.45, 2.75) is 52.9 Å². The topological polar surface area (TPSA) is 29.1 Å². The number of rotatable bonds is 5. The number of alkyl halides is 1. The first kappa shape index (κ1) is 16.0. The Labute approximate surface area is 121 Å². The van der Waals surface area contributed by atoms with E-state index < -0.39 is 0 Å². The zero-order chi connectivity index (χ0) is 14.6. The fourth-order valence-electron chi connectivity index (χ4n) is 2.47. The summed E-state index contributed by atoms with van der Waals surface area (Å²) in [6.45, 7) is 10.7. The van der Waals surface area contributed by atoms with Crippen LogP contribution in [0, 0.1) is 13.8 Å². The van der Waals surface area contributed by atoms with Crippen molar-refractivity contribution in [3.63, 3.8) is 0 Å². The number of anilines is 1. The van der Waals surface area contributed by atoms with Gasteiger partial charge in [-0.3, -0.25) is 4.79 Å². The number of amides is 1. The van der Waals surface area contributed by atoms with E-state index in [2.05, 4.69) is 45.1 Å². The van der Waals surface area contributed by atoms with Gasteiger partial charge in [0.2, 0.25) is 5.91 Å². The molecule has 0 saturated heterocycles. The number of carbonyl (C=O) groups is 1. The van der Waals surface area contributed by atoms with E-state index in [0.29, 0.717) is 0 Å². The van der Waals surface area contributed by atoms with Crippen LogP contribution in [-0.4, -0.2) is 11.8 Å². The molecule has 0 atom stereocenters. The molecule has 3 heteroatoms.